The number of anilines is 4. The first-order valence-corrected chi connectivity index (χ1v) is 10.5. The maximum absolute atomic E-state index is 12.6. The summed E-state index contributed by atoms with van der Waals surface area (Å²) in [5.41, 5.74) is 3.74. The lowest BCUT2D eigenvalue weighted by Crippen LogP contribution is -2.28. The van der Waals surface area contributed by atoms with Crippen LogP contribution in [-0.4, -0.2) is 28.9 Å². The zero-order valence-corrected chi connectivity index (χ0v) is 17.3. The summed E-state index contributed by atoms with van der Waals surface area (Å²) in [5.74, 6) is 1.04. The number of rotatable bonds is 3. The Morgan fingerprint density at radius 1 is 1.21 bits per heavy atom. The molecule has 0 atom stereocenters. The summed E-state index contributed by atoms with van der Waals surface area (Å²) in [5, 5.41) is 4.24. The van der Waals surface area contributed by atoms with Gasteiger partial charge in [-0.25, -0.2) is 4.98 Å². The fraction of sp³-hybridized carbons (Fsp3) is 0.318. The molecule has 2 aliphatic rings. The molecule has 0 radical (unpaired) electrons. The molecule has 0 saturated heterocycles. The number of ether oxygens (including phenoxy) is 1. The van der Waals surface area contributed by atoms with Gasteiger partial charge in [-0.1, -0.05) is 25.2 Å². The van der Waals surface area contributed by atoms with E-state index < -0.39 is 0 Å². The molecule has 0 amide bonds. The number of fused-ring (bicyclic) bond motifs is 2. The number of nitrogens with zero attached hydrogens (tertiary/aromatic N) is 3. The van der Waals surface area contributed by atoms with Crippen LogP contribution in [0.2, 0.25) is 0 Å². The zero-order valence-electron chi connectivity index (χ0n) is 16.4. The largest absolute Gasteiger partial charge is 0.490 e. The first-order valence-electron chi connectivity index (χ1n) is 9.73. The van der Waals surface area contributed by atoms with Crippen molar-refractivity contribution in [1.29, 1.82) is 0 Å². The molecule has 1 aliphatic heterocycles. The van der Waals surface area contributed by atoms with Crippen molar-refractivity contribution in [3.8, 4) is 5.75 Å². The van der Waals surface area contributed by atoms with Gasteiger partial charge in [-0.3, -0.25) is 9.78 Å². The molecule has 3 heterocycles. The van der Waals surface area contributed by atoms with Crippen molar-refractivity contribution in [2.75, 3.05) is 23.4 Å². The van der Waals surface area contributed by atoms with E-state index in [1.165, 1.54) is 11.3 Å². The van der Waals surface area contributed by atoms with Gasteiger partial charge in [0, 0.05) is 18.3 Å². The Morgan fingerprint density at radius 3 is 2.93 bits per heavy atom. The van der Waals surface area contributed by atoms with Gasteiger partial charge in [-0.15, -0.1) is 0 Å². The Bertz CT molecular complexity index is 1080. The standard InChI is InChI=1S/C22H22N4O2S/c1-22(2)11-16-20(18(27)12-22)29-21(25-16)26-8-9-28-19-6-5-14(10-17(19)26)24-15-4-3-7-23-13-15/h3-7,10,13,24H,8-9,11-12H2,1-2H3. The minimum absolute atomic E-state index is 0.0286. The Labute approximate surface area is 173 Å². The van der Waals surface area contributed by atoms with Gasteiger partial charge in [0.05, 0.1) is 34.7 Å². The van der Waals surface area contributed by atoms with Crippen molar-refractivity contribution in [1.82, 2.24) is 9.97 Å². The van der Waals surface area contributed by atoms with Crippen molar-refractivity contribution >= 4 is 39.3 Å². The summed E-state index contributed by atoms with van der Waals surface area (Å²) in [7, 11) is 0. The van der Waals surface area contributed by atoms with Gasteiger partial charge in [-0.2, -0.15) is 0 Å². The zero-order chi connectivity index (χ0) is 20.0. The van der Waals surface area contributed by atoms with E-state index in [-0.39, 0.29) is 11.2 Å². The van der Waals surface area contributed by atoms with Gasteiger partial charge in [-0.05, 0) is 42.2 Å². The predicted octanol–water partition coefficient (Wildman–Crippen LogP) is 4.97. The summed E-state index contributed by atoms with van der Waals surface area (Å²) >= 11 is 1.50. The van der Waals surface area contributed by atoms with Crippen LogP contribution in [0.3, 0.4) is 0 Å². The molecule has 7 heteroatoms. The molecule has 1 aromatic carbocycles. The lowest BCUT2D eigenvalue weighted by Gasteiger charge is -2.29. The van der Waals surface area contributed by atoms with E-state index in [0.29, 0.717) is 19.6 Å². The summed E-state index contributed by atoms with van der Waals surface area (Å²) < 4.78 is 5.86. The Morgan fingerprint density at radius 2 is 2.10 bits per heavy atom. The highest BCUT2D eigenvalue weighted by atomic mass is 32.1. The second-order valence-corrected chi connectivity index (χ2v) is 9.24. The number of ketones is 1. The first-order chi connectivity index (χ1) is 14.0. The molecule has 0 fully saturated rings. The molecular formula is C22H22N4O2S. The number of hydrogen-bond acceptors (Lipinski definition) is 7. The molecule has 0 bridgehead atoms. The molecule has 29 heavy (non-hydrogen) atoms. The third kappa shape index (κ3) is 3.46. The molecular weight excluding hydrogens is 384 g/mol. The number of nitrogens with one attached hydrogen (secondary N) is 1. The molecule has 5 rings (SSSR count). The monoisotopic (exact) mass is 406 g/mol. The van der Waals surface area contributed by atoms with Crippen molar-refractivity contribution in [2.24, 2.45) is 5.41 Å². The highest BCUT2D eigenvalue weighted by molar-refractivity contribution is 7.17. The van der Waals surface area contributed by atoms with E-state index in [0.717, 1.165) is 44.9 Å². The second-order valence-electron chi connectivity index (χ2n) is 8.26. The minimum atomic E-state index is -0.0286. The lowest BCUT2D eigenvalue weighted by atomic mass is 9.78. The molecule has 148 valence electrons. The molecule has 0 saturated carbocycles. The number of thiazole rings is 1. The molecule has 1 aliphatic carbocycles. The predicted molar refractivity (Wildman–Crippen MR) is 115 cm³/mol. The number of benzene rings is 1. The van der Waals surface area contributed by atoms with Gasteiger partial charge in [0.25, 0.3) is 0 Å². The summed E-state index contributed by atoms with van der Waals surface area (Å²) in [6.07, 6.45) is 4.96. The highest BCUT2D eigenvalue weighted by Gasteiger charge is 2.35. The van der Waals surface area contributed by atoms with E-state index in [1.54, 1.807) is 12.4 Å². The van der Waals surface area contributed by atoms with E-state index in [2.05, 4.69) is 35.1 Å². The van der Waals surface area contributed by atoms with E-state index >= 15 is 0 Å². The molecule has 2 aromatic heterocycles. The summed E-state index contributed by atoms with van der Waals surface area (Å²) in [6, 6.07) is 9.90. The number of hydrogen-bond donors (Lipinski definition) is 1. The van der Waals surface area contributed by atoms with Gasteiger partial charge in [0.15, 0.2) is 10.9 Å². The minimum Gasteiger partial charge on any atom is -0.490 e. The summed E-state index contributed by atoms with van der Waals surface area (Å²) in [6.45, 7) is 5.56. The number of carbonyl (C=O) groups is 1. The van der Waals surface area contributed by atoms with Gasteiger partial charge < -0.3 is 15.0 Å². The average Bonchev–Trinajstić information content (AvgIpc) is 3.11. The van der Waals surface area contributed by atoms with Crippen LogP contribution in [0.15, 0.2) is 42.7 Å². The number of Topliss-reactive ketones (excluding diaryl/α,β-unsaturated/α-hetero) is 1. The maximum Gasteiger partial charge on any atom is 0.190 e. The SMILES string of the molecule is CC1(C)CC(=O)c2sc(N3CCOc4ccc(Nc5cccnc5)cc43)nc2C1. The molecule has 6 nitrogen and oxygen atoms in total. The Hall–Kier alpha value is -2.93. The van der Waals surface area contributed by atoms with Gasteiger partial charge >= 0.3 is 0 Å². The van der Waals surface area contributed by atoms with Crippen molar-refractivity contribution in [3.63, 3.8) is 0 Å². The third-order valence-electron chi connectivity index (χ3n) is 5.23. The number of pyridine rings is 1. The van der Waals surface area contributed by atoms with Gasteiger partial charge in [0.1, 0.15) is 12.4 Å². The highest BCUT2D eigenvalue weighted by Crippen LogP contribution is 2.44. The Balaban J connectivity index is 1.49. The van der Waals surface area contributed by atoms with Crippen LogP contribution in [0.1, 0.15) is 35.6 Å². The molecule has 0 spiro atoms. The van der Waals surface area contributed by atoms with Crippen LogP contribution in [0.4, 0.5) is 22.2 Å². The third-order valence-corrected chi connectivity index (χ3v) is 6.39. The quantitative estimate of drug-likeness (QED) is 0.663. The smallest absolute Gasteiger partial charge is 0.190 e. The molecule has 3 aromatic rings. The first kappa shape index (κ1) is 18.1. The molecule has 0 unspecified atom stereocenters. The van der Waals surface area contributed by atoms with Crippen molar-refractivity contribution in [2.45, 2.75) is 26.7 Å². The van der Waals surface area contributed by atoms with Crippen LogP contribution in [0.25, 0.3) is 0 Å². The lowest BCUT2D eigenvalue weighted by molar-refractivity contribution is 0.0916. The second kappa shape index (κ2) is 6.84. The van der Waals surface area contributed by atoms with Crippen LogP contribution < -0.4 is 15.0 Å². The fourth-order valence-corrected chi connectivity index (χ4v) is 4.98. The fourth-order valence-electron chi connectivity index (χ4n) is 3.92. The van der Waals surface area contributed by atoms with Crippen molar-refractivity contribution < 1.29 is 9.53 Å². The average molecular weight is 407 g/mol. The van der Waals surface area contributed by atoms with Crippen LogP contribution in [0, 0.1) is 5.41 Å². The number of carbonyl (C=O) groups excluding carboxylic acids is 1. The number of aromatic nitrogens is 2. The van der Waals surface area contributed by atoms with Crippen LogP contribution in [-0.2, 0) is 6.42 Å². The normalized spacial score (nSPS) is 17.3. The summed E-state index contributed by atoms with van der Waals surface area (Å²) in [4.78, 5) is 24.6. The molecule has 1 N–H and O–H groups in total. The van der Waals surface area contributed by atoms with E-state index in [1.807, 2.05) is 24.3 Å². The van der Waals surface area contributed by atoms with Crippen LogP contribution >= 0.6 is 11.3 Å². The van der Waals surface area contributed by atoms with E-state index in [4.69, 9.17) is 9.72 Å². The van der Waals surface area contributed by atoms with Crippen molar-refractivity contribution in [3.05, 3.63) is 53.3 Å². The Kier molecular flexibility index (Phi) is 4.28. The maximum atomic E-state index is 12.6. The topological polar surface area (TPSA) is 67.3 Å². The van der Waals surface area contributed by atoms with E-state index in [9.17, 15) is 4.79 Å². The van der Waals surface area contributed by atoms with Crippen LogP contribution in [0.5, 0.6) is 5.75 Å². The van der Waals surface area contributed by atoms with Gasteiger partial charge in [0.2, 0.25) is 0 Å².